The number of carbonyl (C=O) groups is 1. The van der Waals surface area contributed by atoms with E-state index in [1.165, 1.54) is 26.5 Å². The minimum absolute atomic E-state index is 0.0869. The molecular weight excluding hydrogens is 204 g/mol. The van der Waals surface area contributed by atoms with Gasteiger partial charge in [0, 0.05) is 14.2 Å². The molecule has 0 radical (unpaired) electrons. The number of aliphatic hydroxyl groups excluding tert-OH is 1. The summed E-state index contributed by atoms with van der Waals surface area (Å²) in [5.74, 6) is -1.26. The number of methoxy groups -OCH3 is 2. The van der Waals surface area contributed by atoms with Gasteiger partial charge < -0.3 is 24.1 Å². The zero-order valence-electron chi connectivity index (χ0n) is 8.34. The van der Waals surface area contributed by atoms with Crippen molar-refractivity contribution in [3.63, 3.8) is 0 Å². The van der Waals surface area contributed by atoms with E-state index >= 15 is 0 Å². The molecule has 1 aromatic heterocycles. The highest BCUT2D eigenvalue weighted by atomic mass is 16.7. The van der Waals surface area contributed by atoms with Crippen LogP contribution >= 0.6 is 0 Å². The molecule has 0 aromatic carbocycles. The van der Waals surface area contributed by atoms with E-state index in [2.05, 4.69) is 0 Å². The van der Waals surface area contributed by atoms with E-state index in [9.17, 15) is 9.90 Å². The summed E-state index contributed by atoms with van der Waals surface area (Å²) in [6.07, 6.45) is -1.06. The van der Waals surface area contributed by atoms with Crippen LogP contribution in [0.4, 0.5) is 0 Å². The molecule has 84 valence electrons. The van der Waals surface area contributed by atoms with Crippen molar-refractivity contribution in [3.8, 4) is 0 Å². The van der Waals surface area contributed by atoms with Crippen LogP contribution < -0.4 is 0 Å². The molecule has 6 nitrogen and oxygen atoms in total. The van der Waals surface area contributed by atoms with E-state index in [-0.39, 0.29) is 11.3 Å². The predicted octanol–water partition coefficient (Wildman–Crippen LogP) is 0.630. The molecule has 0 amide bonds. The molecular formula is C9H12O6. The third-order valence-corrected chi connectivity index (χ3v) is 1.92. The monoisotopic (exact) mass is 216 g/mol. The van der Waals surface area contributed by atoms with Crippen molar-refractivity contribution in [3.05, 3.63) is 23.7 Å². The van der Waals surface area contributed by atoms with Crippen molar-refractivity contribution in [2.75, 3.05) is 14.2 Å². The van der Waals surface area contributed by atoms with E-state index in [0.717, 1.165) is 0 Å². The lowest BCUT2D eigenvalue weighted by molar-refractivity contribution is -0.171. The standard InChI is InChI=1S/C9H12O6/c1-13-9(14-2)6(10)7-5(8(11)12)3-4-15-7/h3-4,6,9-10H,1-2H3,(H,11,12). The molecule has 6 heteroatoms. The summed E-state index contributed by atoms with van der Waals surface area (Å²) in [6.45, 7) is 0. The molecule has 2 N–H and O–H groups in total. The van der Waals surface area contributed by atoms with Crippen molar-refractivity contribution in [2.24, 2.45) is 0 Å². The average Bonchev–Trinajstić information content (AvgIpc) is 2.67. The molecule has 0 aliphatic carbocycles. The number of ether oxygens (including phenoxy) is 2. The molecule has 0 spiro atoms. The number of hydrogen-bond donors (Lipinski definition) is 2. The smallest absolute Gasteiger partial charge is 0.339 e. The maximum Gasteiger partial charge on any atom is 0.339 e. The summed E-state index contributed by atoms with van der Waals surface area (Å²) in [6, 6.07) is 1.25. The first-order chi connectivity index (χ1) is 7.11. The molecule has 1 atom stereocenters. The maximum atomic E-state index is 10.7. The quantitative estimate of drug-likeness (QED) is 0.702. The van der Waals surface area contributed by atoms with Gasteiger partial charge in [-0.25, -0.2) is 4.79 Å². The molecule has 0 fully saturated rings. The Bertz CT molecular complexity index is 327. The number of rotatable bonds is 5. The summed E-state index contributed by atoms with van der Waals surface area (Å²) in [5.41, 5.74) is -0.110. The molecule has 1 unspecified atom stereocenters. The predicted molar refractivity (Wildman–Crippen MR) is 48.4 cm³/mol. The first-order valence-corrected chi connectivity index (χ1v) is 4.16. The van der Waals surface area contributed by atoms with E-state index in [0.29, 0.717) is 0 Å². The van der Waals surface area contributed by atoms with E-state index < -0.39 is 18.4 Å². The highest BCUT2D eigenvalue weighted by Crippen LogP contribution is 2.24. The first kappa shape index (κ1) is 11.7. The van der Waals surface area contributed by atoms with Gasteiger partial charge in [-0.05, 0) is 6.07 Å². The van der Waals surface area contributed by atoms with Gasteiger partial charge in [-0.2, -0.15) is 0 Å². The van der Waals surface area contributed by atoms with Gasteiger partial charge in [0.05, 0.1) is 6.26 Å². The van der Waals surface area contributed by atoms with Crippen molar-refractivity contribution in [2.45, 2.75) is 12.4 Å². The lowest BCUT2D eigenvalue weighted by atomic mass is 10.1. The summed E-state index contributed by atoms with van der Waals surface area (Å²) in [5, 5.41) is 18.5. The van der Waals surface area contributed by atoms with Gasteiger partial charge in [-0.1, -0.05) is 0 Å². The van der Waals surface area contributed by atoms with Crippen LogP contribution in [0.3, 0.4) is 0 Å². The second-order valence-corrected chi connectivity index (χ2v) is 2.79. The number of carboxylic acid groups (broad SMARTS) is 1. The van der Waals surface area contributed by atoms with Crippen LogP contribution in [0, 0.1) is 0 Å². The third-order valence-electron chi connectivity index (χ3n) is 1.92. The Hall–Kier alpha value is -1.37. The number of aromatic carboxylic acids is 1. The minimum Gasteiger partial charge on any atom is -0.478 e. The summed E-state index contributed by atoms with van der Waals surface area (Å²) < 4.78 is 14.5. The molecule has 0 saturated carbocycles. The van der Waals surface area contributed by atoms with E-state index in [1.54, 1.807) is 0 Å². The molecule has 1 heterocycles. The van der Waals surface area contributed by atoms with Crippen LogP contribution in [-0.2, 0) is 9.47 Å². The summed E-state index contributed by atoms with van der Waals surface area (Å²) in [4.78, 5) is 10.7. The zero-order chi connectivity index (χ0) is 11.4. The van der Waals surface area contributed by atoms with Crippen LogP contribution in [0.1, 0.15) is 22.2 Å². The lowest BCUT2D eigenvalue weighted by Crippen LogP contribution is -2.23. The van der Waals surface area contributed by atoms with Crippen molar-refractivity contribution >= 4 is 5.97 Å². The van der Waals surface area contributed by atoms with Crippen molar-refractivity contribution in [1.29, 1.82) is 0 Å². The van der Waals surface area contributed by atoms with Gasteiger partial charge in [0.1, 0.15) is 5.56 Å². The Morgan fingerprint density at radius 1 is 1.47 bits per heavy atom. The van der Waals surface area contributed by atoms with Gasteiger partial charge in [0.25, 0.3) is 0 Å². The van der Waals surface area contributed by atoms with Crippen LogP contribution in [0.25, 0.3) is 0 Å². The Morgan fingerprint density at radius 2 is 2.07 bits per heavy atom. The SMILES string of the molecule is COC(OC)C(O)c1occc1C(=O)O. The van der Waals surface area contributed by atoms with Gasteiger partial charge in [0.15, 0.2) is 18.2 Å². The molecule has 1 aromatic rings. The maximum absolute atomic E-state index is 10.7. The number of hydrogen-bond acceptors (Lipinski definition) is 5. The van der Waals surface area contributed by atoms with Gasteiger partial charge in [-0.15, -0.1) is 0 Å². The summed E-state index contributed by atoms with van der Waals surface area (Å²) >= 11 is 0. The lowest BCUT2D eigenvalue weighted by Gasteiger charge is -2.18. The fourth-order valence-corrected chi connectivity index (χ4v) is 1.20. The second-order valence-electron chi connectivity index (χ2n) is 2.79. The van der Waals surface area contributed by atoms with Gasteiger partial charge in [-0.3, -0.25) is 0 Å². The van der Waals surface area contributed by atoms with E-state index in [4.69, 9.17) is 19.0 Å². The highest BCUT2D eigenvalue weighted by Gasteiger charge is 2.28. The second kappa shape index (κ2) is 4.92. The van der Waals surface area contributed by atoms with E-state index in [1.807, 2.05) is 0 Å². The molecule has 0 saturated heterocycles. The van der Waals surface area contributed by atoms with Gasteiger partial charge in [0.2, 0.25) is 0 Å². The highest BCUT2D eigenvalue weighted by molar-refractivity contribution is 5.88. The van der Waals surface area contributed by atoms with Gasteiger partial charge >= 0.3 is 5.97 Å². The van der Waals surface area contributed by atoms with Crippen molar-refractivity contribution in [1.82, 2.24) is 0 Å². The number of carboxylic acids is 1. The minimum atomic E-state index is -1.28. The van der Waals surface area contributed by atoms with Crippen LogP contribution in [0.2, 0.25) is 0 Å². The largest absolute Gasteiger partial charge is 0.478 e. The zero-order valence-corrected chi connectivity index (χ0v) is 8.34. The summed E-state index contributed by atoms with van der Waals surface area (Å²) in [7, 11) is 2.67. The Kier molecular flexibility index (Phi) is 3.84. The molecule has 0 aliphatic rings. The topological polar surface area (TPSA) is 89.1 Å². The fourth-order valence-electron chi connectivity index (χ4n) is 1.20. The third kappa shape index (κ3) is 2.35. The Labute approximate surface area is 86.0 Å². The molecule has 0 bridgehead atoms. The Balaban J connectivity index is 2.94. The molecule has 15 heavy (non-hydrogen) atoms. The molecule has 1 rings (SSSR count). The average molecular weight is 216 g/mol. The number of aliphatic hydroxyl groups is 1. The fraction of sp³-hybridized carbons (Fsp3) is 0.444. The first-order valence-electron chi connectivity index (χ1n) is 4.16. The normalized spacial score (nSPS) is 13.1. The van der Waals surface area contributed by atoms with Crippen LogP contribution in [-0.4, -0.2) is 36.7 Å². The molecule has 0 aliphatic heterocycles. The van der Waals surface area contributed by atoms with Crippen LogP contribution in [0.5, 0.6) is 0 Å². The number of furan rings is 1. The van der Waals surface area contributed by atoms with Crippen LogP contribution in [0.15, 0.2) is 16.7 Å². The van der Waals surface area contributed by atoms with Crippen molar-refractivity contribution < 1.29 is 28.9 Å². The Morgan fingerprint density at radius 3 is 2.53 bits per heavy atom.